The lowest BCUT2D eigenvalue weighted by atomic mass is 10.0. The minimum absolute atomic E-state index is 0.00508. The van der Waals surface area contributed by atoms with Crippen molar-refractivity contribution in [2.24, 2.45) is 17.0 Å². The van der Waals surface area contributed by atoms with Crippen LogP contribution in [0.1, 0.15) is 22.3 Å². The van der Waals surface area contributed by atoms with Gasteiger partial charge in [-0.3, -0.25) is 9.59 Å². The summed E-state index contributed by atoms with van der Waals surface area (Å²) in [4.78, 5) is 28.7. The van der Waals surface area contributed by atoms with Crippen molar-refractivity contribution in [1.82, 2.24) is 9.80 Å². The summed E-state index contributed by atoms with van der Waals surface area (Å²) in [5, 5.41) is 5.08. The van der Waals surface area contributed by atoms with Crippen LogP contribution >= 0.6 is 0 Å². The minimum atomic E-state index is -4.92. The van der Waals surface area contributed by atoms with Crippen LogP contribution in [0.5, 0.6) is 5.75 Å². The second-order valence-corrected chi connectivity index (χ2v) is 10.5. The molecular weight excluding hydrogens is 506 g/mol. The fourth-order valence-electron chi connectivity index (χ4n) is 4.66. The Bertz CT molecular complexity index is 1250. The van der Waals surface area contributed by atoms with E-state index in [0.717, 1.165) is 6.07 Å². The van der Waals surface area contributed by atoms with Crippen LogP contribution in [0.25, 0.3) is 0 Å². The van der Waals surface area contributed by atoms with Crippen LogP contribution in [0, 0.1) is 17.7 Å². The van der Waals surface area contributed by atoms with Gasteiger partial charge in [-0.15, -0.1) is 13.2 Å². The lowest BCUT2D eigenvalue weighted by Gasteiger charge is -2.22. The first-order valence-electron chi connectivity index (χ1n) is 11.0. The topological polar surface area (TPSA) is 110 Å². The average molecular weight is 530 g/mol. The third kappa shape index (κ3) is 5.95. The number of likely N-dealkylation sites (tertiary alicyclic amines) is 2. The Balaban J connectivity index is 1.28. The Morgan fingerprint density at radius 3 is 2.08 bits per heavy atom. The number of halogens is 4. The Kier molecular flexibility index (Phi) is 6.97. The SMILES string of the molecule is NS(=O)(=O)c1ccc(C(=O)N2C[C@H]3CN(C(=O)CCc4ccc(OC(F)(F)F)cc4F)C[C@@H]3C2)cc1. The molecule has 2 saturated heterocycles. The molecule has 8 nitrogen and oxygen atoms in total. The molecule has 0 saturated carbocycles. The lowest BCUT2D eigenvalue weighted by molar-refractivity contribution is -0.274. The monoisotopic (exact) mass is 529 g/mol. The number of primary sulfonamides is 1. The average Bonchev–Trinajstić information content (AvgIpc) is 3.36. The third-order valence-corrected chi connectivity index (χ3v) is 7.35. The zero-order valence-corrected chi connectivity index (χ0v) is 19.7. The summed E-state index contributed by atoms with van der Waals surface area (Å²) < 4.78 is 77.4. The van der Waals surface area contributed by atoms with E-state index in [1.54, 1.807) is 9.80 Å². The molecular formula is C23H23F4N3O5S. The van der Waals surface area contributed by atoms with Crippen molar-refractivity contribution >= 4 is 21.8 Å². The van der Waals surface area contributed by atoms with E-state index in [9.17, 15) is 35.6 Å². The summed E-state index contributed by atoms with van der Waals surface area (Å²) in [5.41, 5.74) is 0.450. The van der Waals surface area contributed by atoms with Gasteiger partial charge >= 0.3 is 6.36 Å². The molecule has 2 aliphatic rings. The van der Waals surface area contributed by atoms with E-state index in [0.29, 0.717) is 37.8 Å². The molecule has 2 aliphatic heterocycles. The fraction of sp³-hybridized carbons (Fsp3) is 0.391. The summed E-state index contributed by atoms with van der Waals surface area (Å²) in [6, 6.07) is 8.19. The van der Waals surface area contributed by atoms with Crippen LogP contribution in [0.4, 0.5) is 17.6 Å². The van der Waals surface area contributed by atoms with E-state index in [1.807, 2.05) is 0 Å². The van der Waals surface area contributed by atoms with Crippen molar-refractivity contribution in [1.29, 1.82) is 0 Å². The first-order valence-corrected chi connectivity index (χ1v) is 12.6. The van der Waals surface area contributed by atoms with Crippen molar-refractivity contribution in [3.05, 3.63) is 59.4 Å². The molecule has 0 unspecified atom stereocenters. The highest BCUT2D eigenvalue weighted by atomic mass is 32.2. The van der Waals surface area contributed by atoms with Crippen LogP contribution in [-0.2, 0) is 21.2 Å². The molecule has 36 heavy (non-hydrogen) atoms. The molecule has 2 amide bonds. The van der Waals surface area contributed by atoms with Gasteiger partial charge < -0.3 is 14.5 Å². The quantitative estimate of drug-likeness (QED) is 0.579. The second kappa shape index (κ2) is 9.69. The Morgan fingerprint density at radius 1 is 0.972 bits per heavy atom. The predicted molar refractivity (Wildman–Crippen MR) is 119 cm³/mol. The summed E-state index contributed by atoms with van der Waals surface area (Å²) in [7, 11) is -3.85. The molecule has 0 aromatic heterocycles. The van der Waals surface area contributed by atoms with Gasteiger partial charge in [0.25, 0.3) is 5.91 Å². The van der Waals surface area contributed by atoms with Gasteiger partial charge in [-0.05, 0) is 42.3 Å². The van der Waals surface area contributed by atoms with E-state index in [1.165, 1.54) is 30.3 Å². The molecule has 2 aromatic carbocycles. The van der Waals surface area contributed by atoms with E-state index < -0.39 is 28.0 Å². The number of fused-ring (bicyclic) bond motifs is 1. The highest BCUT2D eigenvalue weighted by molar-refractivity contribution is 7.89. The standard InChI is InChI=1S/C23H23F4N3O5S/c24-20-9-18(35-23(25,26)27)5-1-14(20)4-8-21(31)29-10-16-12-30(13-17(16)11-29)22(32)15-2-6-19(7-3-15)36(28,33)34/h1-3,5-7,9,16-17H,4,8,10-13H2,(H2,28,33,34)/t16-,17-/m1/s1. The molecule has 0 aliphatic carbocycles. The maximum absolute atomic E-state index is 14.1. The number of ether oxygens (including phenoxy) is 1. The van der Waals surface area contributed by atoms with Gasteiger partial charge in [0.15, 0.2) is 0 Å². The van der Waals surface area contributed by atoms with Crippen LogP contribution in [0.2, 0.25) is 0 Å². The molecule has 0 spiro atoms. The summed E-state index contributed by atoms with van der Waals surface area (Å²) in [6.07, 6.45) is -4.90. The van der Waals surface area contributed by atoms with Crippen LogP contribution < -0.4 is 9.88 Å². The first kappa shape index (κ1) is 25.9. The number of sulfonamides is 1. The van der Waals surface area contributed by atoms with Gasteiger partial charge in [0, 0.05) is 56.1 Å². The third-order valence-electron chi connectivity index (χ3n) is 6.42. The van der Waals surface area contributed by atoms with Gasteiger partial charge in [0.05, 0.1) is 4.90 Å². The number of benzene rings is 2. The van der Waals surface area contributed by atoms with Crippen LogP contribution in [0.15, 0.2) is 47.4 Å². The molecule has 0 radical (unpaired) electrons. The second-order valence-electron chi connectivity index (χ2n) is 8.90. The molecule has 4 rings (SSSR count). The zero-order valence-electron chi connectivity index (χ0n) is 18.9. The summed E-state index contributed by atoms with van der Waals surface area (Å²) in [6.45, 7) is 1.77. The smallest absolute Gasteiger partial charge is 0.406 e. The van der Waals surface area contributed by atoms with E-state index >= 15 is 0 Å². The van der Waals surface area contributed by atoms with Gasteiger partial charge in [-0.1, -0.05) is 6.07 Å². The van der Waals surface area contributed by atoms with Gasteiger partial charge in [-0.2, -0.15) is 0 Å². The number of amides is 2. The number of carbonyl (C=O) groups is 2. The lowest BCUT2D eigenvalue weighted by Crippen LogP contribution is -2.35. The normalized spacial score (nSPS) is 19.9. The molecule has 2 aromatic rings. The van der Waals surface area contributed by atoms with Crippen molar-refractivity contribution in [3.63, 3.8) is 0 Å². The van der Waals surface area contributed by atoms with Crippen molar-refractivity contribution in [3.8, 4) is 5.75 Å². The molecule has 0 bridgehead atoms. The van der Waals surface area contributed by atoms with Crippen LogP contribution in [-0.4, -0.2) is 62.6 Å². The number of carbonyl (C=O) groups excluding carboxylic acids is 2. The maximum Gasteiger partial charge on any atom is 0.573 e. The Hall–Kier alpha value is -3.19. The van der Waals surface area contributed by atoms with Gasteiger partial charge in [-0.25, -0.2) is 17.9 Å². The Labute approximate surface area is 204 Å². The fourth-order valence-corrected chi connectivity index (χ4v) is 5.18. The summed E-state index contributed by atoms with van der Waals surface area (Å²) >= 11 is 0. The highest BCUT2D eigenvalue weighted by Crippen LogP contribution is 2.32. The number of nitrogens with zero attached hydrogens (tertiary/aromatic N) is 2. The summed E-state index contributed by atoms with van der Waals surface area (Å²) in [5.74, 6) is -1.82. The molecule has 2 N–H and O–H groups in total. The van der Waals surface area contributed by atoms with Crippen molar-refractivity contribution in [2.45, 2.75) is 24.1 Å². The highest BCUT2D eigenvalue weighted by Gasteiger charge is 2.43. The molecule has 2 atom stereocenters. The number of hydrogen-bond donors (Lipinski definition) is 1. The largest absolute Gasteiger partial charge is 0.573 e. The first-order chi connectivity index (χ1) is 16.8. The molecule has 194 valence electrons. The number of nitrogens with two attached hydrogens (primary N) is 1. The van der Waals surface area contributed by atoms with E-state index in [-0.39, 0.29) is 47.0 Å². The van der Waals surface area contributed by atoms with Crippen molar-refractivity contribution in [2.75, 3.05) is 26.2 Å². The van der Waals surface area contributed by atoms with Gasteiger partial charge in [0.2, 0.25) is 15.9 Å². The predicted octanol–water partition coefficient (Wildman–Crippen LogP) is 2.53. The number of rotatable bonds is 6. The number of aryl methyl sites for hydroxylation is 1. The Morgan fingerprint density at radius 2 is 1.56 bits per heavy atom. The van der Waals surface area contributed by atoms with Gasteiger partial charge in [0.1, 0.15) is 11.6 Å². The minimum Gasteiger partial charge on any atom is -0.406 e. The molecule has 2 heterocycles. The van der Waals surface area contributed by atoms with E-state index in [4.69, 9.17) is 5.14 Å². The number of hydrogen-bond acceptors (Lipinski definition) is 5. The molecule has 13 heteroatoms. The van der Waals surface area contributed by atoms with E-state index in [2.05, 4.69) is 4.74 Å². The van der Waals surface area contributed by atoms with Crippen molar-refractivity contribution < 1.29 is 40.3 Å². The van der Waals surface area contributed by atoms with Crippen LogP contribution in [0.3, 0.4) is 0 Å². The molecule has 2 fully saturated rings. The maximum atomic E-state index is 14.1. The zero-order chi connectivity index (χ0) is 26.3. The number of alkyl halides is 3.